The Balaban J connectivity index is 0.00000242. The molecule has 5 heteroatoms. The minimum Gasteiger partial charge on any atom is -0.491 e. The molecule has 1 aliphatic heterocycles. The first-order valence-corrected chi connectivity index (χ1v) is 8.03. The molecule has 0 aromatic heterocycles. The third kappa shape index (κ3) is 7.13. The molecular weight excluding hydrogens is 331 g/mol. The molecule has 1 fully saturated rings. The van der Waals surface area contributed by atoms with Crippen molar-refractivity contribution in [1.82, 2.24) is 10.2 Å². The smallest absolute Gasteiger partial charge is 0.119 e. The second-order valence-corrected chi connectivity index (χ2v) is 5.90. The zero-order chi connectivity index (χ0) is 15.1. The molecule has 1 saturated heterocycles. The van der Waals surface area contributed by atoms with Gasteiger partial charge in [0.1, 0.15) is 5.75 Å². The summed E-state index contributed by atoms with van der Waals surface area (Å²) in [5.74, 6) is 0.955. The maximum absolute atomic E-state index is 5.74. The third-order valence-electron chi connectivity index (χ3n) is 3.87. The van der Waals surface area contributed by atoms with E-state index >= 15 is 0 Å². The molecule has 0 bridgehead atoms. The minimum absolute atomic E-state index is 0. The summed E-state index contributed by atoms with van der Waals surface area (Å²) >= 11 is 0. The van der Waals surface area contributed by atoms with Gasteiger partial charge in [-0.05, 0) is 44.4 Å². The first-order valence-electron chi connectivity index (χ1n) is 8.03. The highest BCUT2D eigenvalue weighted by Gasteiger charge is 2.21. The van der Waals surface area contributed by atoms with Crippen molar-refractivity contribution >= 4 is 24.8 Å². The van der Waals surface area contributed by atoms with Crippen LogP contribution in [0.2, 0.25) is 0 Å². The lowest BCUT2D eigenvalue weighted by atomic mass is 9.99. The quantitative estimate of drug-likeness (QED) is 0.736. The average molecular weight is 361 g/mol. The monoisotopic (exact) mass is 360 g/mol. The lowest BCUT2D eigenvalue weighted by Gasteiger charge is -2.35. The molecule has 1 aromatic rings. The van der Waals surface area contributed by atoms with Crippen LogP contribution in [0.4, 0.5) is 0 Å². The van der Waals surface area contributed by atoms with E-state index in [1.807, 2.05) is 6.08 Å². The molecule has 2 rings (SSSR count). The van der Waals surface area contributed by atoms with Gasteiger partial charge >= 0.3 is 0 Å². The van der Waals surface area contributed by atoms with Crippen LogP contribution < -0.4 is 10.1 Å². The Morgan fingerprint density at radius 3 is 2.30 bits per heavy atom. The Kier molecular flexibility index (Phi) is 11.4. The Morgan fingerprint density at radius 1 is 1.17 bits per heavy atom. The van der Waals surface area contributed by atoms with Crippen LogP contribution in [0, 0.1) is 0 Å². The highest BCUT2D eigenvalue weighted by Crippen LogP contribution is 2.28. The zero-order valence-electron chi connectivity index (χ0n) is 14.2. The topological polar surface area (TPSA) is 24.5 Å². The van der Waals surface area contributed by atoms with Gasteiger partial charge in [0.15, 0.2) is 0 Å². The molecule has 0 aliphatic carbocycles. The number of piperazine rings is 1. The van der Waals surface area contributed by atoms with Crippen LogP contribution in [0.1, 0.15) is 38.3 Å². The number of hydrogen-bond acceptors (Lipinski definition) is 3. The Hall–Kier alpha value is -0.740. The predicted octanol–water partition coefficient (Wildman–Crippen LogP) is 4.23. The van der Waals surface area contributed by atoms with Crippen LogP contribution >= 0.6 is 24.8 Å². The molecule has 1 atom stereocenters. The minimum atomic E-state index is 0. The SMILES string of the molecule is C=CCC[C@H](c1ccc(OC(C)C)cc1)N1CCNCC1.Cl.Cl. The molecule has 1 aliphatic rings. The summed E-state index contributed by atoms with van der Waals surface area (Å²) in [7, 11) is 0. The molecule has 1 heterocycles. The molecule has 23 heavy (non-hydrogen) atoms. The summed E-state index contributed by atoms with van der Waals surface area (Å²) < 4.78 is 5.74. The summed E-state index contributed by atoms with van der Waals surface area (Å²) in [5, 5.41) is 3.43. The number of ether oxygens (including phenoxy) is 1. The standard InChI is InChI=1S/C18H28N2O.2ClH/c1-4-5-6-18(20-13-11-19-12-14-20)16-7-9-17(10-8-16)21-15(2)3;;/h4,7-10,15,18-19H,1,5-6,11-14H2,2-3H3;2*1H/t18-;;/m1../s1. The van der Waals surface area contributed by atoms with Gasteiger partial charge in [0.2, 0.25) is 0 Å². The van der Waals surface area contributed by atoms with Crippen LogP contribution in [0.5, 0.6) is 5.75 Å². The largest absolute Gasteiger partial charge is 0.491 e. The number of allylic oxidation sites excluding steroid dienone is 1. The van der Waals surface area contributed by atoms with Gasteiger partial charge in [0.25, 0.3) is 0 Å². The fourth-order valence-corrected chi connectivity index (χ4v) is 2.87. The van der Waals surface area contributed by atoms with Crippen molar-refractivity contribution in [2.24, 2.45) is 0 Å². The number of benzene rings is 1. The van der Waals surface area contributed by atoms with Crippen molar-refractivity contribution in [1.29, 1.82) is 0 Å². The van der Waals surface area contributed by atoms with Gasteiger partial charge < -0.3 is 10.1 Å². The molecule has 0 radical (unpaired) electrons. The van der Waals surface area contributed by atoms with Crippen LogP contribution in [-0.4, -0.2) is 37.2 Å². The first-order chi connectivity index (χ1) is 10.2. The second kappa shape index (κ2) is 11.7. The van der Waals surface area contributed by atoms with Crippen molar-refractivity contribution < 1.29 is 4.74 Å². The van der Waals surface area contributed by atoms with Gasteiger partial charge in [-0.25, -0.2) is 0 Å². The van der Waals surface area contributed by atoms with E-state index in [-0.39, 0.29) is 30.9 Å². The highest BCUT2D eigenvalue weighted by atomic mass is 35.5. The number of nitrogens with zero attached hydrogens (tertiary/aromatic N) is 1. The van der Waals surface area contributed by atoms with Gasteiger partial charge in [-0.3, -0.25) is 4.90 Å². The zero-order valence-corrected chi connectivity index (χ0v) is 15.8. The normalized spacial score (nSPS) is 16.1. The summed E-state index contributed by atoms with van der Waals surface area (Å²) in [5.41, 5.74) is 1.38. The predicted molar refractivity (Wildman–Crippen MR) is 103 cm³/mol. The van der Waals surface area contributed by atoms with E-state index in [1.165, 1.54) is 5.56 Å². The van der Waals surface area contributed by atoms with Gasteiger partial charge in [-0.2, -0.15) is 0 Å². The molecule has 0 saturated carbocycles. The first kappa shape index (κ1) is 22.3. The Labute approximate surface area is 153 Å². The molecule has 0 spiro atoms. The fraction of sp³-hybridized carbons (Fsp3) is 0.556. The van der Waals surface area contributed by atoms with Crippen LogP contribution in [0.3, 0.4) is 0 Å². The van der Waals surface area contributed by atoms with E-state index in [9.17, 15) is 0 Å². The van der Waals surface area contributed by atoms with Gasteiger partial charge in [-0.15, -0.1) is 31.4 Å². The summed E-state index contributed by atoms with van der Waals surface area (Å²) in [6.07, 6.45) is 4.43. The average Bonchev–Trinajstić information content (AvgIpc) is 2.50. The fourth-order valence-electron chi connectivity index (χ4n) is 2.87. The van der Waals surface area contributed by atoms with Crippen molar-refractivity contribution in [2.75, 3.05) is 26.2 Å². The van der Waals surface area contributed by atoms with Crippen LogP contribution in [0.25, 0.3) is 0 Å². The van der Waals surface area contributed by atoms with E-state index in [0.717, 1.165) is 44.8 Å². The van der Waals surface area contributed by atoms with Crippen LogP contribution in [0.15, 0.2) is 36.9 Å². The third-order valence-corrected chi connectivity index (χ3v) is 3.87. The summed E-state index contributed by atoms with van der Waals surface area (Å²) in [6.45, 7) is 12.4. The number of nitrogens with one attached hydrogen (secondary N) is 1. The van der Waals surface area contributed by atoms with Crippen molar-refractivity contribution in [2.45, 2.75) is 38.8 Å². The van der Waals surface area contributed by atoms with Crippen molar-refractivity contribution in [3.8, 4) is 5.75 Å². The van der Waals surface area contributed by atoms with E-state index in [4.69, 9.17) is 4.74 Å². The molecular formula is C18H30Cl2N2O. The molecule has 1 N–H and O–H groups in total. The molecule has 0 unspecified atom stereocenters. The lowest BCUT2D eigenvalue weighted by Crippen LogP contribution is -2.45. The van der Waals surface area contributed by atoms with Crippen molar-refractivity contribution in [3.05, 3.63) is 42.5 Å². The van der Waals surface area contributed by atoms with E-state index < -0.39 is 0 Å². The van der Waals surface area contributed by atoms with Gasteiger partial charge in [0, 0.05) is 32.2 Å². The molecule has 3 nitrogen and oxygen atoms in total. The van der Waals surface area contributed by atoms with Crippen molar-refractivity contribution in [3.63, 3.8) is 0 Å². The van der Waals surface area contributed by atoms with E-state index in [2.05, 4.69) is 54.9 Å². The van der Waals surface area contributed by atoms with E-state index in [0.29, 0.717) is 6.04 Å². The number of halogens is 2. The highest BCUT2D eigenvalue weighted by molar-refractivity contribution is 5.85. The lowest BCUT2D eigenvalue weighted by molar-refractivity contribution is 0.166. The van der Waals surface area contributed by atoms with Gasteiger partial charge in [-0.1, -0.05) is 18.2 Å². The van der Waals surface area contributed by atoms with Gasteiger partial charge in [0.05, 0.1) is 6.10 Å². The Morgan fingerprint density at radius 2 is 1.78 bits per heavy atom. The van der Waals surface area contributed by atoms with Crippen LogP contribution in [-0.2, 0) is 0 Å². The molecule has 132 valence electrons. The Bertz CT molecular complexity index is 431. The summed E-state index contributed by atoms with van der Waals surface area (Å²) in [4.78, 5) is 2.58. The van der Waals surface area contributed by atoms with E-state index in [1.54, 1.807) is 0 Å². The number of hydrogen-bond donors (Lipinski definition) is 1. The molecule has 0 amide bonds. The number of rotatable bonds is 7. The summed E-state index contributed by atoms with van der Waals surface area (Å²) in [6, 6.07) is 9.11. The molecule has 1 aromatic carbocycles. The maximum Gasteiger partial charge on any atom is 0.119 e. The maximum atomic E-state index is 5.74. The second-order valence-electron chi connectivity index (χ2n) is 5.90.